The lowest BCUT2D eigenvalue weighted by Crippen LogP contribution is -2.20. The van der Waals surface area contributed by atoms with Crippen molar-refractivity contribution in [2.45, 2.75) is 6.61 Å². The second-order valence-corrected chi connectivity index (χ2v) is 2.11. The Hall–Kier alpha value is -1.99. The zero-order chi connectivity index (χ0) is 10.6. The number of hydrogen-bond donors (Lipinski definition) is 2. The van der Waals surface area contributed by atoms with E-state index in [0.717, 1.165) is 12.4 Å². The van der Waals surface area contributed by atoms with Crippen molar-refractivity contribution in [2.24, 2.45) is 5.73 Å². The molecule has 1 aromatic heterocycles. The number of alkyl halides is 2. The summed E-state index contributed by atoms with van der Waals surface area (Å²) in [5.74, 6) is -0.359. The second-order valence-electron chi connectivity index (χ2n) is 2.11. The fraction of sp³-hybridized carbons (Fsp3) is 0.167. The lowest BCUT2D eigenvalue weighted by atomic mass is 10.5. The Kier molecular flexibility index (Phi) is 3.10. The summed E-state index contributed by atoms with van der Waals surface area (Å²) in [6, 6.07) is 0.170. The van der Waals surface area contributed by atoms with Crippen LogP contribution in [0.3, 0.4) is 0 Å². The first-order valence-electron chi connectivity index (χ1n) is 3.41. The third-order valence-corrected chi connectivity index (χ3v) is 1.10. The Bertz CT molecular complexity index is 333. The summed E-state index contributed by atoms with van der Waals surface area (Å²) in [6.07, 6.45) is 0.961. The standard InChI is InChI=1S/C6H6F2N4O2/c7-5(8)14-4-1-3(10-2-11-4)12-6(9)13/h1-2,5H,(H3,9,10,11,12,13). The third kappa shape index (κ3) is 3.17. The van der Waals surface area contributed by atoms with Crippen LogP contribution in [0.5, 0.6) is 5.88 Å². The summed E-state index contributed by atoms with van der Waals surface area (Å²) >= 11 is 0. The van der Waals surface area contributed by atoms with Crippen molar-refractivity contribution < 1.29 is 18.3 Å². The van der Waals surface area contributed by atoms with Crippen molar-refractivity contribution in [1.82, 2.24) is 9.97 Å². The van der Waals surface area contributed by atoms with Gasteiger partial charge in [-0.2, -0.15) is 8.78 Å². The van der Waals surface area contributed by atoms with E-state index >= 15 is 0 Å². The number of aromatic nitrogens is 2. The number of nitrogens with two attached hydrogens (primary N) is 1. The highest BCUT2D eigenvalue weighted by molar-refractivity contribution is 5.86. The van der Waals surface area contributed by atoms with Crippen molar-refractivity contribution in [3.8, 4) is 5.88 Å². The number of carbonyl (C=O) groups is 1. The van der Waals surface area contributed by atoms with E-state index in [0.29, 0.717) is 0 Å². The minimum absolute atomic E-state index is 0.0110. The number of urea groups is 1. The summed E-state index contributed by atoms with van der Waals surface area (Å²) < 4.78 is 27.4. The molecule has 0 spiro atoms. The summed E-state index contributed by atoms with van der Waals surface area (Å²) in [7, 11) is 0. The SMILES string of the molecule is NC(=O)Nc1cc(OC(F)F)ncn1. The zero-order valence-electron chi connectivity index (χ0n) is 6.78. The molecule has 0 saturated heterocycles. The van der Waals surface area contributed by atoms with E-state index in [1.807, 2.05) is 0 Å². The Balaban J connectivity index is 2.73. The Labute approximate surface area is 77.1 Å². The lowest BCUT2D eigenvalue weighted by molar-refractivity contribution is -0.0528. The molecule has 0 atom stereocenters. The quantitative estimate of drug-likeness (QED) is 0.752. The fourth-order valence-corrected chi connectivity index (χ4v) is 0.690. The van der Waals surface area contributed by atoms with E-state index in [9.17, 15) is 13.6 Å². The molecule has 6 nitrogen and oxygen atoms in total. The molecule has 0 aromatic carbocycles. The highest BCUT2D eigenvalue weighted by Gasteiger charge is 2.07. The van der Waals surface area contributed by atoms with Crippen LogP contribution in [0.15, 0.2) is 12.4 Å². The van der Waals surface area contributed by atoms with E-state index in [-0.39, 0.29) is 11.7 Å². The van der Waals surface area contributed by atoms with E-state index < -0.39 is 12.6 Å². The molecule has 0 fully saturated rings. The van der Waals surface area contributed by atoms with Gasteiger partial charge in [0.25, 0.3) is 0 Å². The number of halogens is 2. The average molecular weight is 204 g/mol. The summed E-state index contributed by atoms with van der Waals surface area (Å²) in [6.45, 7) is -2.98. The Morgan fingerprint density at radius 1 is 1.57 bits per heavy atom. The minimum atomic E-state index is -2.98. The van der Waals surface area contributed by atoms with Gasteiger partial charge in [0, 0.05) is 6.07 Å². The third-order valence-electron chi connectivity index (χ3n) is 1.10. The van der Waals surface area contributed by atoms with Gasteiger partial charge in [0.2, 0.25) is 5.88 Å². The van der Waals surface area contributed by atoms with Gasteiger partial charge in [0.1, 0.15) is 12.1 Å². The highest BCUT2D eigenvalue weighted by atomic mass is 19.3. The molecule has 76 valence electrons. The number of nitrogens with zero attached hydrogens (tertiary/aromatic N) is 2. The van der Waals surface area contributed by atoms with Crippen LogP contribution >= 0.6 is 0 Å². The normalized spacial score (nSPS) is 9.93. The molecule has 3 N–H and O–H groups in total. The highest BCUT2D eigenvalue weighted by Crippen LogP contribution is 2.12. The smallest absolute Gasteiger partial charge is 0.388 e. The van der Waals surface area contributed by atoms with E-state index in [1.165, 1.54) is 0 Å². The number of nitrogens with one attached hydrogen (secondary N) is 1. The molecule has 2 amide bonds. The van der Waals surface area contributed by atoms with Crippen LogP contribution in [0, 0.1) is 0 Å². The minimum Gasteiger partial charge on any atom is -0.417 e. The molecular formula is C6H6F2N4O2. The first-order chi connectivity index (χ1) is 6.58. The van der Waals surface area contributed by atoms with E-state index in [2.05, 4.69) is 20.0 Å². The van der Waals surface area contributed by atoms with Crippen LogP contribution in [0.2, 0.25) is 0 Å². The molecule has 0 aliphatic heterocycles. The second kappa shape index (κ2) is 4.30. The molecule has 8 heteroatoms. The number of rotatable bonds is 3. The number of anilines is 1. The van der Waals surface area contributed by atoms with Gasteiger partial charge in [-0.25, -0.2) is 14.8 Å². The molecule has 0 aliphatic rings. The monoisotopic (exact) mass is 204 g/mol. The molecule has 0 unspecified atom stereocenters. The maximum absolute atomic E-state index is 11.7. The van der Waals surface area contributed by atoms with Gasteiger partial charge in [-0.15, -0.1) is 0 Å². The maximum atomic E-state index is 11.7. The van der Waals surface area contributed by atoms with Gasteiger partial charge >= 0.3 is 12.6 Å². The predicted molar refractivity (Wildman–Crippen MR) is 41.9 cm³/mol. The first kappa shape index (κ1) is 10.1. The van der Waals surface area contributed by atoms with Gasteiger partial charge in [-0.1, -0.05) is 0 Å². The summed E-state index contributed by atoms with van der Waals surface area (Å²) in [5, 5.41) is 2.08. The van der Waals surface area contributed by atoms with E-state index in [1.54, 1.807) is 0 Å². The maximum Gasteiger partial charge on any atom is 0.388 e. The van der Waals surface area contributed by atoms with Crippen molar-refractivity contribution in [3.63, 3.8) is 0 Å². The number of hydrogen-bond acceptors (Lipinski definition) is 4. The molecule has 14 heavy (non-hydrogen) atoms. The molecule has 0 radical (unpaired) electrons. The Morgan fingerprint density at radius 3 is 2.86 bits per heavy atom. The van der Waals surface area contributed by atoms with Crippen LogP contribution in [-0.2, 0) is 0 Å². The zero-order valence-corrected chi connectivity index (χ0v) is 6.78. The van der Waals surface area contributed by atoms with Gasteiger partial charge in [0.05, 0.1) is 0 Å². The topological polar surface area (TPSA) is 90.1 Å². The molecule has 1 heterocycles. The van der Waals surface area contributed by atoms with Crippen molar-refractivity contribution in [1.29, 1.82) is 0 Å². The molecule has 0 saturated carbocycles. The lowest BCUT2D eigenvalue weighted by Gasteiger charge is -2.04. The number of amides is 2. The molecule has 0 bridgehead atoms. The van der Waals surface area contributed by atoms with Crippen LogP contribution in [-0.4, -0.2) is 22.6 Å². The summed E-state index contributed by atoms with van der Waals surface area (Å²) in [4.78, 5) is 17.3. The molecule has 1 rings (SSSR count). The fourth-order valence-electron chi connectivity index (χ4n) is 0.690. The van der Waals surface area contributed by atoms with Crippen molar-refractivity contribution in [2.75, 3.05) is 5.32 Å². The number of carbonyl (C=O) groups excluding carboxylic acids is 1. The van der Waals surface area contributed by atoms with Gasteiger partial charge in [-0.05, 0) is 0 Å². The van der Waals surface area contributed by atoms with Crippen LogP contribution in [0.25, 0.3) is 0 Å². The van der Waals surface area contributed by atoms with Crippen LogP contribution in [0.4, 0.5) is 19.4 Å². The van der Waals surface area contributed by atoms with Gasteiger partial charge < -0.3 is 10.5 Å². The van der Waals surface area contributed by atoms with Gasteiger partial charge in [-0.3, -0.25) is 5.32 Å². The molecule has 0 aliphatic carbocycles. The summed E-state index contributed by atoms with van der Waals surface area (Å²) in [5.41, 5.74) is 4.78. The van der Waals surface area contributed by atoms with Crippen LogP contribution in [0.1, 0.15) is 0 Å². The predicted octanol–water partition coefficient (Wildman–Crippen LogP) is 0.569. The van der Waals surface area contributed by atoms with Gasteiger partial charge in [0.15, 0.2) is 0 Å². The molecular weight excluding hydrogens is 198 g/mol. The van der Waals surface area contributed by atoms with Crippen molar-refractivity contribution >= 4 is 11.8 Å². The molecule has 1 aromatic rings. The largest absolute Gasteiger partial charge is 0.417 e. The Morgan fingerprint density at radius 2 is 2.29 bits per heavy atom. The number of primary amides is 1. The average Bonchev–Trinajstić information content (AvgIpc) is 2.01. The first-order valence-corrected chi connectivity index (χ1v) is 3.41. The number of ether oxygens (including phenoxy) is 1. The van der Waals surface area contributed by atoms with Crippen LogP contribution < -0.4 is 15.8 Å². The van der Waals surface area contributed by atoms with E-state index in [4.69, 9.17) is 5.73 Å². The van der Waals surface area contributed by atoms with Crippen molar-refractivity contribution in [3.05, 3.63) is 12.4 Å².